The van der Waals surface area contributed by atoms with Gasteiger partial charge in [-0.3, -0.25) is 0 Å². The highest BCUT2D eigenvalue weighted by Gasteiger charge is 2.18. The number of nitrogens with zero attached hydrogens (tertiary/aromatic N) is 1. The predicted molar refractivity (Wildman–Crippen MR) is 212 cm³/mol. The van der Waals surface area contributed by atoms with Crippen molar-refractivity contribution in [3.8, 4) is 11.1 Å². The van der Waals surface area contributed by atoms with E-state index >= 15 is 0 Å². The number of hydrogen-bond acceptors (Lipinski definition) is 4. The average molecular weight is 658 g/mol. The summed E-state index contributed by atoms with van der Waals surface area (Å²) in [6.45, 7) is 0. The molecule has 0 saturated heterocycles. The molecule has 0 aliphatic carbocycles. The first-order chi connectivity index (χ1) is 24.7. The monoisotopic (exact) mass is 657 g/mol. The first kappa shape index (κ1) is 27.6. The number of thiophene rings is 1. The summed E-state index contributed by atoms with van der Waals surface area (Å²) in [6, 6.07) is 58.5. The van der Waals surface area contributed by atoms with Crippen molar-refractivity contribution in [2.24, 2.45) is 0 Å². The van der Waals surface area contributed by atoms with Crippen molar-refractivity contribution in [3.05, 3.63) is 164 Å². The van der Waals surface area contributed by atoms with Gasteiger partial charge in [-0.15, -0.1) is 11.3 Å². The van der Waals surface area contributed by atoms with E-state index in [9.17, 15) is 0 Å². The summed E-state index contributed by atoms with van der Waals surface area (Å²) in [5.74, 6) is 0. The van der Waals surface area contributed by atoms with Gasteiger partial charge < -0.3 is 13.7 Å². The number of hydrogen-bond donors (Lipinski definition) is 0. The summed E-state index contributed by atoms with van der Waals surface area (Å²) in [6.07, 6.45) is 0. The van der Waals surface area contributed by atoms with Crippen LogP contribution in [-0.2, 0) is 0 Å². The van der Waals surface area contributed by atoms with Crippen LogP contribution in [0.3, 0.4) is 0 Å². The Kier molecular flexibility index (Phi) is 5.83. The lowest BCUT2D eigenvalue weighted by atomic mass is 9.98. The van der Waals surface area contributed by atoms with Crippen LogP contribution < -0.4 is 4.90 Å². The summed E-state index contributed by atoms with van der Waals surface area (Å²) in [4.78, 5) is 2.33. The molecule has 0 aliphatic rings. The van der Waals surface area contributed by atoms with E-state index in [-0.39, 0.29) is 0 Å². The third-order valence-electron chi connectivity index (χ3n) is 10.1. The molecule has 234 valence electrons. The van der Waals surface area contributed by atoms with Gasteiger partial charge in [0.2, 0.25) is 0 Å². The normalized spacial score (nSPS) is 12.0. The van der Waals surface area contributed by atoms with Gasteiger partial charge in [0.25, 0.3) is 0 Å². The molecular formula is C46H27NO2S. The first-order valence-electron chi connectivity index (χ1n) is 16.8. The predicted octanol–water partition coefficient (Wildman–Crippen LogP) is 14.1. The third-order valence-corrected chi connectivity index (χ3v) is 11.2. The van der Waals surface area contributed by atoms with Gasteiger partial charge in [0, 0.05) is 64.8 Å². The topological polar surface area (TPSA) is 29.5 Å². The SMILES string of the molecule is c1ccc2c(c1)oc1cc(N(c3ccc(-c4ccc5c(ccc6oc7ccccc7c65)c4)cc3)c3ccc4c(c3)sc3ccccc34)ccc12. The van der Waals surface area contributed by atoms with Gasteiger partial charge in [-0.05, 0) is 88.6 Å². The molecule has 0 atom stereocenters. The van der Waals surface area contributed by atoms with E-state index in [2.05, 4.69) is 144 Å². The second kappa shape index (κ2) is 10.6. The van der Waals surface area contributed by atoms with E-state index in [0.717, 1.165) is 55.6 Å². The average Bonchev–Trinajstić information content (AvgIpc) is 3.86. The van der Waals surface area contributed by atoms with E-state index in [1.807, 2.05) is 35.6 Å². The van der Waals surface area contributed by atoms with E-state index in [4.69, 9.17) is 8.83 Å². The highest BCUT2D eigenvalue weighted by Crippen LogP contribution is 2.43. The maximum Gasteiger partial charge on any atom is 0.137 e. The number of fused-ring (bicyclic) bond motifs is 11. The van der Waals surface area contributed by atoms with Crippen LogP contribution in [0.25, 0.3) is 85.9 Å². The summed E-state index contributed by atoms with van der Waals surface area (Å²) >= 11 is 1.84. The Labute approximate surface area is 290 Å². The zero-order valence-corrected chi connectivity index (χ0v) is 27.6. The van der Waals surface area contributed by atoms with Crippen LogP contribution >= 0.6 is 11.3 Å². The molecule has 11 rings (SSSR count). The lowest BCUT2D eigenvalue weighted by Crippen LogP contribution is -2.09. The molecule has 0 N–H and O–H groups in total. The van der Waals surface area contributed by atoms with Gasteiger partial charge in [-0.1, -0.05) is 91.0 Å². The highest BCUT2D eigenvalue weighted by molar-refractivity contribution is 7.25. The van der Waals surface area contributed by atoms with Crippen molar-refractivity contribution in [2.75, 3.05) is 4.90 Å². The van der Waals surface area contributed by atoms with E-state index in [1.165, 1.54) is 47.5 Å². The minimum absolute atomic E-state index is 0.879. The van der Waals surface area contributed by atoms with Gasteiger partial charge in [-0.2, -0.15) is 0 Å². The Hall–Kier alpha value is -6.36. The Morgan fingerprint density at radius 1 is 0.360 bits per heavy atom. The summed E-state index contributed by atoms with van der Waals surface area (Å²) < 4.78 is 15.1. The van der Waals surface area contributed by atoms with E-state index in [1.54, 1.807) is 0 Å². The van der Waals surface area contributed by atoms with Crippen molar-refractivity contribution in [2.45, 2.75) is 0 Å². The second-order valence-corrected chi connectivity index (χ2v) is 14.0. The van der Waals surface area contributed by atoms with Gasteiger partial charge >= 0.3 is 0 Å². The number of furan rings is 2. The summed E-state index contributed by atoms with van der Waals surface area (Å²) in [7, 11) is 0. The third kappa shape index (κ3) is 4.16. The zero-order chi connectivity index (χ0) is 32.8. The minimum Gasteiger partial charge on any atom is -0.456 e. The van der Waals surface area contributed by atoms with Crippen LogP contribution in [0.5, 0.6) is 0 Å². The van der Waals surface area contributed by atoms with Gasteiger partial charge in [0.05, 0.1) is 0 Å². The molecule has 4 heteroatoms. The molecule has 50 heavy (non-hydrogen) atoms. The molecule has 0 radical (unpaired) electrons. The van der Waals surface area contributed by atoms with Gasteiger partial charge in [-0.25, -0.2) is 0 Å². The molecule has 3 aromatic heterocycles. The van der Waals surface area contributed by atoms with Crippen LogP contribution in [0, 0.1) is 0 Å². The van der Waals surface area contributed by atoms with Gasteiger partial charge in [0.1, 0.15) is 22.3 Å². The van der Waals surface area contributed by atoms with Crippen LogP contribution in [0.4, 0.5) is 17.1 Å². The number of para-hydroxylation sites is 2. The summed E-state index contributed by atoms with van der Waals surface area (Å²) in [5.41, 5.74) is 9.20. The van der Waals surface area contributed by atoms with Gasteiger partial charge in [0.15, 0.2) is 0 Å². The number of rotatable bonds is 4. The maximum atomic E-state index is 6.35. The standard InChI is InChI=1S/C46H27NO2S/c1-4-10-40-35(7-1)36-22-19-32(26-43(36)49-40)47(33-20-23-38-37-8-3-6-12-44(37)50-45(38)27-33)31-17-13-28(14-18-31)29-15-21-34-30(25-29)16-24-42-46(34)39-9-2-5-11-41(39)48-42/h1-27H. The molecule has 0 bridgehead atoms. The van der Waals surface area contributed by atoms with Crippen molar-refractivity contribution in [1.82, 2.24) is 0 Å². The zero-order valence-electron chi connectivity index (χ0n) is 26.8. The molecule has 0 unspecified atom stereocenters. The smallest absolute Gasteiger partial charge is 0.137 e. The Bertz CT molecular complexity index is 2990. The quantitative estimate of drug-likeness (QED) is 0.189. The Morgan fingerprint density at radius 3 is 1.82 bits per heavy atom. The molecule has 8 aromatic carbocycles. The van der Waals surface area contributed by atoms with Crippen molar-refractivity contribution >= 4 is 103 Å². The van der Waals surface area contributed by atoms with Crippen LogP contribution in [-0.4, -0.2) is 0 Å². The highest BCUT2D eigenvalue weighted by atomic mass is 32.1. The number of benzene rings is 8. The Balaban J connectivity index is 1.04. The molecule has 0 aliphatic heterocycles. The van der Waals surface area contributed by atoms with E-state index in [0.29, 0.717) is 0 Å². The van der Waals surface area contributed by atoms with Crippen molar-refractivity contribution < 1.29 is 8.83 Å². The molecule has 0 spiro atoms. The number of anilines is 3. The molecule has 0 saturated carbocycles. The fraction of sp³-hybridized carbons (Fsp3) is 0. The fourth-order valence-corrected chi connectivity index (χ4v) is 8.83. The van der Waals surface area contributed by atoms with Crippen molar-refractivity contribution in [3.63, 3.8) is 0 Å². The molecule has 3 heterocycles. The largest absolute Gasteiger partial charge is 0.456 e. The maximum absolute atomic E-state index is 6.35. The molecule has 0 fully saturated rings. The lowest BCUT2D eigenvalue weighted by molar-refractivity contribution is 0.668. The first-order valence-corrected chi connectivity index (χ1v) is 17.6. The molecular weight excluding hydrogens is 631 g/mol. The summed E-state index contributed by atoms with van der Waals surface area (Å²) in [5, 5.41) is 9.57. The van der Waals surface area contributed by atoms with E-state index < -0.39 is 0 Å². The molecule has 0 amide bonds. The Morgan fingerprint density at radius 2 is 0.960 bits per heavy atom. The second-order valence-electron chi connectivity index (χ2n) is 12.9. The van der Waals surface area contributed by atoms with Crippen molar-refractivity contribution in [1.29, 1.82) is 0 Å². The lowest BCUT2D eigenvalue weighted by Gasteiger charge is -2.26. The minimum atomic E-state index is 0.879. The van der Waals surface area contributed by atoms with Crippen LogP contribution in [0.2, 0.25) is 0 Å². The van der Waals surface area contributed by atoms with Crippen LogP contribution in [0.1, 0.15) is 0 Å². The molecule has 3 nitrogen and oxygen atoms in total. The fourth-order valence-electron chi connectivity index (χ4n) is 7.69. The van der Waals surface area contributed by atoms with Crippen LogP contribution in [0.15, 0.2) is 173 Å². The molecule has 11 aromatic rings.